The minimum atomic E-state index is -0.880. The molecule has 0 aliphatic heterocycles. The molecule has 0 saturated heterocycles. The zero-order valence-electron chi connectivity index (χ0n) is 13.4. The third kappa shape index (κ3) is 9.28. The zero-order chi connectivity index (χ0) is 15.4. The molecule has 120 valence electrons. The summed E-state index contributed by atoms with van der Waals surface area (Å²) in [6, 6.07) is 0.143. The molecule has 0 amide bonds. The van der Waals surface area contributed by atoms with E-state index >= 15 is 0 Å². The lowest BCUT2D eigenvalue weighted by molar-refractivity contribution is -0.145. The lowest BCUT2D eigenvalue weighted by atomic mass is 9.95. The minimum absolute atomic E-state index is 0.143. The van der Waals surface area contributed by atoms with Crippen LogP contribution in [-0.2, 0) is 14.3 Å². The first kappa shape index (κ1) is 19.4. The van der Waals surface area contributed by atoms with Gasteiger partial charge in [0, 0.05) is 19.3 Å². The molecule has 0 fully saturated rings. The van der Waals surface area contributed by atoms with Crippen molar-refractivity contribution in [1.29, 1.82) is 0 Å². The average Bonchev–Trinajstić information content (AvgIpc) is 2.35. The Labute approximate surface area is 123 Å². The van der Waals surface area contributed by atoms with E-state index in [2.05, 4.69) is 12.2 Å². The Bertz CT molecular complexity index is 258. The predicted octanol–water partition coefficient (Wildman–Crippen LogP) is 2.44. The summed E-state index contributed by atoms with van der Waals surface area (Å²) < 4.78 is 10.8. The van der Waals surface area contributed by atoms with Crippen LogP contribution in [0, 0.1) is 0 Å². The van der Waals surface area contributed by atoms with Crippen LogP contribution in [-0.4, -0.2) is 49.1 Å². The van der Waals surface area contributed by atoms with E-state index < -0.39 is 11.5 Å². The summed E-state index contributed by atoms with van der Waals surface area (Å²) in [6.45, 7) is 10.3. The Morgan fingerprint density at radius 1 is 1.15 bits per heavy atom. The normalized spacial score (nSPS) is 14.4. The Morgan fingerprint density at radius 3 is 2.15 bits per heavy atom. The summed E-state index contributed by atoms with van der Waals surface area (Å²) in [5.74, 6) is -0.811. The molecule has 5 heteroatoms. The van der Waals surface area contributed by atoms with Gasteiger partial charge in [-0.05, 0) is 40.0 Å². The molecular formula is C15H31NO4. The molecule has 2 N–H and O–H groups in total. The van der Waals surface area contributed by atoms with Gasteiger partial charge in [0.15, 0.2) is 0 Å². The van der Waals surface area contributed by atoms with Crippen LogP contribution in [0.1, 0.15) is 53.4 Å². The van der Waals surface area contributed by atoms with Gasteiger partial charge in [0.25, 0.3) is 0 Å². The Morgan fingerprint density at radius 2 is 1.70 bits per heavy atom. The van der Waals surface area contributed by atoms with E-state index in [1.807, 2.05) is 13.8 Å². The number of aliphatic carboxylic acids is 1. The van der Waals surface area contributed by atoms with Gasteiger partial charge in [0.2, 0.25) is 0 Å². The van der Waals surface area contributed by atoms with Crippen molar-refractivity contribution < 1.29 is 19.4 Å². The Hall–Kier alpha value is -0.650. The van der Waals surface area contributed by atoms with Crippen molar-refractivity contribution >= 4 is 5.97 Å². The number of carboxylic acids is 1. The summed E-state index contributed by atoms with van der Waals surface area (Å²) in [7, 11) is 0. The van der Waals surface area contributed by atoms with Crippen molar-refractivity contribution in [3.05, 3.63) is 0 Å². The topological polar surface area (TPSA) is 67.8 Å². The molecule has 5 nitrogen and oxygen atoms in total. The quantitative estimate of drug-likeness (QED) is 0.510. The number of nitrogens with one attached hydrogen (secondary N) is 1. The van der Waals surface area contributed by atoms with Crippen LogP contribution in [0.15, 0.2) is 0 Å². The summed E-state index contributed by atoms with van der Waals surface area (Å²) in [6.07, 6.45) is 3.49. The molecule has 0 aromatic carbocycles. The van der Waals surface area contributed by atoms with E-state index in [0.29, 0.717) is 26.2 Å². The summed E-state index contributed by atoms with van der Waals surface area (Å²) in [5.41, 5.74) is -0.880. The van der Waals surface area contributed by atoms with Crippen LogP contribution >= 0.6 is 0 Å². The van der Waals surface area contributed by atoms with Gasteiger partial charge in [0.1, 0.15) is 5.54 Å². The highest BCUT2D eigenvalue weighted by Crippen LogP contribution is 2.14. The van der Waals surface area contributed by atoms with Crippen molar-refractivity contribution in [2.24, 2.45) is 0 Å². The van der Waals surface area contributed by atoms with Gasteiger partial charge in [-0.2, -0.15) is 0 Å². The van der Waals surface area contributed by atoms with E-state index in [1.165, 1.54) is 0 Å². The third-order valence-electron chi connectivity index (χ3n) is 3.06. The molecule has 0 rings (SSSR count). The van der Waals surface area contributed by atoms with Crippen LogP contribution in [0.2, 0.25) is 0 Å². The van der Waals surface area contributed by atoms with E-state index in [1.54, 1.807) is 6.92 Å². The third-order valence-corrected chi connectivity index (χ3v) is 3.06. The fourth-order valence-corrected chi connectivity index (χ4v) is 1.97. The van der Waals surface area contributed by atoms with Gasteiger partial charge in [-0.25, -0.2) is 0 Å². The SMILES string of the molecule is CCCCOCCOCCCC(C)(NC(C)C)C(=O)O. The first-order valence-corrected chi connectivity index (χ1v) is 7.59. The molecule has 1 unspecified atom stereocenters. The van der Waals surface area contributed by atoms with Crippen LogP contribution in [0.4, 0.5) is 0 Å². The molecule has 0 heterocycles. The van der Waals surface area contributed by atoms with E-state index in [9.17, 15) is 9.90 Å². The summed E-state index contributed by atoms with van der Waals surface area (Å²) in [5, 5.41) is 12.4. The van der Waals surface area contributed by atoms with Gasteiger partial charge in [-0.3, -0.25) is 10.1 Å². The second-order valence-corrected chi connectivity index (χ2v) is 5.62. The minimum Gasteiger partial charge on any atom is -0.480 e. The van der Waals surface area contributed by atoms with Crippen molar-refractivity contribution in [2.75, 3.05) is 26.4 Å². The maximum absolute atomic E-state index is 11.3. The monoisotopic (exact) mass is 289 g/mol. The molecule has 0 radical (unpaired) electrons. The molecule has 0 aromatic rings. The lowest BCUT2D eigenvalue weighted by Crippen LogP contribution is -2.52. The van der Waals surface area contributed by atoms with Gasteiger partial charge in [0.05, 0.1) is 13.2 Å². The number of rotatable bonds is 13. The van der Waals surface area contributed by atoms with Gasteiger partial charge < -0.3 is 14.6 Å². The highest BCUT2D eigenvalue weighted by atomic mass is 16.5. The smallest absolute Gasteiger partial charge is 0.323 e. The summed E-state index contributed by atoms with van der Waals surface area (Å²) >= 11 is 0. The first-order valence-electron chi connectivity index (χ1n) is 7.59. The molecule has 0 aliphatic rings. The predicted molar refractivity (Wildman–Crippen MR) is 80.1 cm³/mol. The van der Waals surface area contributed by atoms with Crippen molar-refractivity contribution in [1.82, 2.24) is 5.32 Å². The molecule has 20 heavy (non-hydrogen) atoms. The van der Waals surface area contributed by atoms with Crippen LogP contribution in [0.3, 0.4) is 0 Å². The van der Waals surface area contributed by atoms with Crippen molar-refractivity contribution in [3.8, 4) is 0 Å². The molecule has 0 aliphatic carbocycles. The largest absolute Gasteiger partial charge is 0.480 e. The van der Waals surface area contributed by atoms with E-state index in [-0.39, 0.29) is 6.04 Å². The lowest BCUT2D eigenvalue weighted by Gasteiger charge is -2.28. The standard InChI is InChI=1S/C15H31NO4/c1-5-6-9-19-11-12-20-10-7-8-15(4,14(17)18)16-13(2)3/h13,16H,5-12H2,1-4H3,(H,17,18). The Kier molecular flexibility index (Phi) is 10.7. The molecule has 0 bridgehead atoms. The number of hydrogen-bond donors (Lipinski definition) is 2. The molecule has 1 atom stereocenters. The molecule has 0 spiro atoms. The second-order valence-electron chi connectivity index (χ2n) is 5.62. The molecular weight excluding hydrogens is 258 g/mol. The van der Waals surface area contributed by atoms with Gasteiger partial charge >= 0.3 is 5.97 Å². The first-order chi connectivity index (χ1) is 9.42. The Balaban J connectivity index is 3.67. The van der Waals surface area contributed by atoms with Crippen molar-refractivity contribution in [3.63, 3.8) is 0 Å². The van der Waals surface area contributed by atoms with Gasteiger partial charge in [-0.15, -0.1) is 0 Å². The molecule has 0 aromatic heterocycles. The van der Waals surface area contributed by atoms with E-state index in [0.717, 1.165) is 25.9 Å². The maximum atomic E-state index is 11.3. The second kappa shape index (κ2) is 11.1. The van der Waals surface area contributed by atoms with Gasteiger partial charge in [-0.1, -0.05) is 13.3 Å². The number of ether oxygens (including phenoxy) is 2. The average molecular weight is 289 g/mol. The van der Waals surface area contributed by atoms with Crippen molar-refractivity contribution in [2.45, 2.75) is 65.0 Å². The number of carbonyl (C=O) groups is 1. The summed E-state index contributed by atoms with van der Waals surface area (Å²) in [4.78, 5) is 11.3. The fraction of sp³-hybridized carbons (Fsp3) is 0.933. The van der Waals surface area contributed by atoms with Crippen LogP contribution < -0.4 is 5.32 Å². The zero-order valence-corrected chi connectivity index (χ0v) is 13.4. The number of hydrogen-bond acceptors (Lipinski definition) is 4. The number of unbranched alkanes of at least 4 members (excludes halogenated alkanes) is 1. The maximum Gasteiger partial charge on any atom is 0.323 e. The van der Waals surface area contributed by atoms with E-state index in [4.69, 9.17) is 9.47 Å². The highest BCUT2D eigenvalue weighted by Gasteiger charge is 2.32. The van der Waals surface area contributed by atoms with Crippen LogP contribution in [0.5, 0.6) is 0 Å². The molecule has 0 saturated carbocycles. The fourth-order valence-electron chi connectivity index (χ4n) is 1.97. The number of carboxylic acid groups (broad SMARTS) is 1. The van der Waals surface area contributed by atoms with Crippen LogP contribution in [0.25, 0.3) is 0 Å². The highest BCUT2D eigenvalue weighted by molar-refractivity contribution is 5.78.